The van der Waals surface area contributed by atoms with Crippen molar-refractivity contribution >= 4 is 0 Å². The average molecular weight is 230 g/mol. The van der Waals surface area contributed by atoms with Crippen LogP contribution in [0.1, 0.15) is 11.1 Å². The van der Waals surface area contributed by atoms with E-state index in [4.69, 9.17) is 4.74 Å². The Bertz CT molecular complexity index is 457. The number of aryl methyl sites for hydroxylation is 2. The molecule has 3 nitrogen and oxygen atoms in total. The van der Waals surface area contributed by atoms with E-state index in [0.29, 0.717) is 11.5 Å². The summed E-state index contributed by atoms with van der Waals surface area (Å²) < 4.78 is 5.60. The van der Waals surface area contributed by atoms with Crippen LogP contribution in [-0.4, -0.2) is 10.2 Å². The van der Waals surface area contributed by atoms with Crippen molar-refractivity contribution in [1.82, 2.24) is 0 Å². The van der Waals surface area contributed by atoms with Crippen molar-refractivity contribution in [2.75, 3.05) is 0 Å². The van der Waals surface area contributed by atoms with Crippen molar-refractivity contribution in [2.24, 2.45) is 0 Å². The number of benzene rings is 2. The molecule has 2 N–H and O–H groups in total. The SMILES string of the molecule is Cc1cccc(O)c1Oc1c(C)cccc1O. The largest absolute Gasteiger partial charge is 0.504 e. The molecule has 0 aromatic heterocycles. The molecule has 0 aliphatic rings. The molecule has 0 atom stereocenters. The highest BCUT2D eigenvalue weighted by Gasteiger charge is 2.11. The Hall–Kier alpha value is -2.16. The summed E-state index contributed by atoms with van der Waals surface area (Å²) in [5, 5.41) is 19.5. The van der Waals surface area contributed by atoms with Crippen LogP contribution in [0, 0.1) is 13.8 Å². The Kier molecular flexibility index (Phi) is 2.91. The van der Waals surface area contributed by atoms with Crippen molar-refractivity contribution in [3.8, 4) is 23.0 Å². The first-order valence-electron chi connectivity index (χ1n) is 5.34. The Morgan fingerprint density at radius 2 is 1.18 bits per heavy atom. The summed E-state index contributed by atoms with van der Waals surface area (Å²) in [6.45, 7) is 3.68. The van der Waals surface area contributed by atoms with Gasteiger partial charge in [0.05, 0.1) is 0 Å². The lowest BCUT2D eigenvalue weighted by atomic mass is 10.2. The molecule has 2 aromatic rings. The second-order valence-electron chi connectivity index (χ2n) is 3.95. The molecule has 88 valence electrons. The molecule has 0 spiro atoms. The number of ether oxygens (including phenoxy) is 1. The number of hydrogen-bond donors (Lipinski definition) is 2. The predicted molar refractivity (Wildman–Crippen MR) is 65.8 cm³/mol. The van der Waals surface area contributed by atoms with Gasteiger partial charge in [-0.15, -0.1) is 0 Å². The van der Waals surface area contributed by atoms with E-state index in [1.54, 1.807) is 24.3 Å². The fourth-order valence-corrected chi connectivity index (χ4v) is 1.64. The highest BCUT2D eigenvalue weighted by molar-refractivity contribution is 5.52. The Labute approximate surface area is 99.9 Å². The maximum Gasteiger partial charge on any atom is 0.172 e. The molecule has 2 rings (SSSR count). The number of phenolic OH excluding ortho intramolecular Hbond substituents is 2. The average Bonchev–Trinajstić information content (AvgIpc) is 2.27. The molecule has 0 saturated heterocycles. The number of hydrogen-bond acceptors (Lipinski definition) is 3. The van der Waals surface area contributed by atoms with Gasteiger partial charge in [0.1, 0.15) is 0 Å². The third kappa shape index (κ3) is 2.18. The molecule has 0 fully saturated rings. The standard InChI is InChI=1S/C14H14O3/c1-9-5-3-7-11(15)13(9)17-14-10(2)6-4-8-12(14)16/h3-8,15-16H,1-2H3. The molecule has 0 amide bonds. The molecule has 0 unspecified atom stereocenters. The first-order valence-corrected chi connectivity index (χ1v) is 5.34. The Morgan fingerprint density at radius 3 is 1.53 bits per heavy atom. The minimum atomic E-state index is 0.0626. The van der Waals surface area contributed by atoms with Crippen LogP contribution in [0.3, 0.4) is 0 Å². The molecule has 0 radical (unpaired) electrons. The molecule has 0 aliphatic heterocycles. The monoisotopic (exact) mass is 230 g/mol. The second-order valence-corrected chi connectivity index (χ2v) is 3.95. The first kappa shape index (κ1) is 11.3. The fourth-order valence-electron chi connectivity index (χ4n) is 1.64. The van der Waals surface area contributed by atoms with E-state index >= 15 is 0 Å². The van der Waals surface area contributed by atoms with Gasteiger partial charge in [-0.2, -0.15) is 0 Å². The van der Waals surface area contributed by atoms with Crippen LogP contribution in [0.5, 0.6) is 23.0 Å². The Balaban J connectivity index is 2.45. The predicted octanol–water partition coefficient (Wildman–Crippen LogP) is 3.51. The van der Waals surface area contributed by atoms with Crippen molar-refractivity contribution in [2.45, 2.75) is 13.8 Å². The number of aromatic hydroxyl groups is 2. The summed E-state index contributed by atoms with van der Waals surface area (Å²) in [6.07, 6.45) is 0. The highest BCUT2D eigenvalue weighted by atomic mass is 16.5. The van der Waals surface area contributed by atoms with Gasteiger partial charge in [-0.1, -0.05) is 24.3 Å². The third-order valence-corrected chi connectivity index (χ3v) is 2.59. The molecule has 2 aromatic carbocycles. The number of para-hydroxylation sites is 2. The van der Waals surface area contributed by atoms with Crippen LogP contribution in [0.2, 0.25) is 0 Å². The minimum absolute atomic E-state index is 0.0626. The lowest BCUT2D eigenvalue weighted by molar-refractivity contribution is 0.381. The normalized spacial score (nSPS) is 10.2. The summed E-state index contributed by atoms with van der Waals surface area (Å²) in [5.74, 6) is 0.870. The van der Waals surface area contributed by atoms with E-state index in [9.17, 15) is 10.2 Å². The van der Waals surface area contributed by atoms with Gasteiger partial charge in [0, 0.05) is 0 Å². The summed E-state index contributed by atoms with van der Waals surface area (Å²) in [5.41, 5.74) is 1.63. The van der Waals surface area contributed by atoms with Crippen LogP contribution >= 0.6 is 0 Å². The lowest BCUT2D eigenvalue weighted by Gasteiger charge is -2.13. The van der Waals surface area contributed by atoms with Crippen molar-refractivity contribution < 1.29 is 14.9 Å². The van der Waals surface area contributed by atoms with Crippen LogP contribution in [0.15, 0.2) is 36.4 Å². The highest BCUT2D eigenvalue weighted by Crippen LogP contribution is 2.39. The molecular formula is C14H14O3. The maximum atomic E-state index is 9.73. The van der Waals surface area contributed by atoms with E-state index in [1.807, 2.05) is 26.0 Å². The molecule has 17 heavy (non-hydrogen) atoms. The van der Waals surface area contributed by atoms with E-state index in [-0.39, 0.29) is 11.5 Å². The molecule has 0 bridgehead atoms. The summed E-state index contributed by atoms with van der Waals surface area (Å²) >= 11 is 0. The topological polar surface area (TPSA) is 49.7 Å². The van der Waals surface area contributed by atoms with Gasteiger partial charge >= 0.3 is 0 Å². The van der Waals surface area contributed by atoms with E-state index in [2.05, 4.69) is 0 Å². The van der Waals surface area contributed by atoms with Gasteiger partial charge in [-0.05, 0) is 37.1 Å². The summed E-state index contributed by atoms with van der Waals surface area (Å²) in [6, 6.07) is 10.3. The van der Waals surface area contributed by atoms with Crippen LogP contribution < -0.4 is 4.74 Å². The van der Waals surface area contributed by atoms with E-state index in [0.717, 1.165) is 11.1 Å². The van der Waals surface area contributed by atoms with Crippen LogP contribution in [-0.2, 0) is 0 Å². The number of phenols is 2. The number of rotatable bonds is 2. The van der Waals surface area contributed by atoms with Crippen molar-refractivity contribution in [3.63, 3.8) is 0 Å². The summed E-state index contributed by atoms with van der Waals surface area (Å²) in [7, 11) is 0. The molecule has 3 heteroatoms. The van der Waals surface area contributed by atoms with Gasteiger partial charge in [-0.25, -0.2) is 0 Å². The smallest absolute Gasteiger partial charge is 0.172 e. The first-order chi connectivity index (χ1) is 8.09. The zero-order valence-corrected chi connectivity index (χ0v) is 9.77. The maximum absolute atomic E-state index is 9.73. The van der Waals surface area contributed by atoms with Gasteiger partial charge in [0.2, 0.25) is 0 Å². The van der Waals surface area contributed by atoms with E-state index < -0.39 is 0 Å². The van der Waals surface area contributed by atoms with Gasteiger partial charge in [0.15, 0.2) is 23.0 Å². The lowest BCUT2D eigenvalue weighted by Crippen LogP contribution is -1.91. The summed E-state index contributed by atoms with van der Waals surface area (Å²) in [4.78, 5) is 0. The van der Waals surface area contributed by atoms with Crippen molar-refractivity contribution in [1.29, 1.82) is 0 Å². The zero-order chi connectivity index (χ0) is 12.4. The van der Waals surface area contributed by atoms with Crippen molar-refractivity contribution in [3.05, 3.63) is 47.5 Å². The fraction of sp³-hybridized carbons (Fsp3) is 0.143. The van der Waals surface area contributed by atoms with Crippen LogP contribution in [0.25, 0.3) is 0 Å². The third-order valence-electron chi connectivity index (χ3n) is 2.59. The van der Waals surface area contributed by atoms with Gasteiger partial charge in [-0.3, -0.25) is 0 Å². The second kappa shape index (κ2) is 4.37. The molecular weight excluding hydrogens is 216 g/mol. The Morgan fingerprint density at radius 1 is 0.765 bits per heavy atom. The molecule has 0 saturated carbocycles. The van der Waals surface area contributed by atoms with E-state index in [1.165, 1.54) is 0 Å². The zero-order valence-electron chi connectivity index (χ0n) is 9.77. The van der Waals surface area contributed by atoms with Gasteiger partial charge in [0.25, 0.3) is 0 Å². The molecule has 0 aliphatic carbocycles. The minimum Gasteiger partial charge on any atom is -0.504 e. The van der Waals surface area contributed by atoms with Gasteiger partial charge < -0.3 is 14.9 Å². The quantitative estimate of drug-likeness (QED) is 0.830. The van der Waals surface area contributed by atoms with Crippen LogP contribution in [0.4, 0.5) is 0 Å². The molecule has 0 heterocycles.